The Bertz CT molecular complexity index is 377. The van der Waals surface area contributed by atoms with E-state index >= 15 is 0 Å². The molecule has 0 saturated carbocycles. The molecule has 6 heteroatoms. The lowest BCUT2D eigenvalue weighted by Crippen LogP contribution is -2.53. The summed E-state index contributed by atoms with van der Waals surface area (Å²) < 4.78 is 0. The zero-order chi connectivity index (χ0) is 13.8. The minimum Gasteiger partial charge on any atom is -0.344 e. The van der Waals surface area contributed by atoms with Gasteiger partial charge in [-0.3, -0.25) is 19.3 Å². The van der Waals surface area contributed by atoms with Crippen LogP contribution in [0.4, 0.5) is 0 Å². The standard InChI is InChI=1S/C13H21N3O3/c1-16-12(18)5-4-10(13(16)19)15-11(17)7-9-3-2-6-14-8-9/h9-10,14H,2-8H2,1H3,(H,15,17). The van der Waals surface area contributed by atoms with Gasteiger partial charge in [-0.1, -0.05) is 0 Å². The fraction of sp³-hybridized carbons (Fsp3) is 0.769. The summed E-state index contributed by atoms with van der Waals surface area (Å²) in [5.41, 5.74) is 0. The van der Waals surface area contributed by atoms with Gasteiger partial charge in [0.25, 0.3) is 5.91 Å². The quantitative estimate of drug-likeness (QED) is 0.685. The molecular weight excluding hydrogens is 246 g/mol. The van der Waals surface area contributed by atoms with Crippen molar-refractivity contribution >= 4 is 17.7 Å². The Morgan fingerprint density at radius 1 is 1.42 bits per heavy atom. The van der Waals surface area contributed by atoms with Crippen LogP contribution in [0.2, 0.25) is 0 Å². The Labute approximate surface area is 112 Å². The van der Waals surface area contributed by atoms with Crippen LogP contribution in [-0.2, 0) is 14.4 Å². The van der Waals surface area contributed by atoms with E-state index in [0.717, 1.165) is 30.8 Å². The van der Waals surface area contributed by atoms with Crippen molar-refractivity contribution < 1.29 is 14.4 Å². The van der Waals surface area contributed by atoms with Crippen molar-refractivity contribution in [3.8, 4) is 0 Å². The first kappa shape index (κ1) is 14.0. The molecule has 2 fully saturated rings. The summed E-state index contributed by atoms with van der Waals surface area (Å²) >= 11 is 0. The molecule has 2 aliphatic rings. The molecule has 0 aliphatic carbocycles. The Morgan fingerprint density at radius 2 is 2.21 bits per heavy atom. The molecule has 2 saturated heterocycles. The molecule has 0 aromatic rings. The maximum absolute atomic E-state index is 11.9. The fourth-order valence-corrected chi connectivity index (χ4v) is 2.66. The second kappa shape index (κ2) is 6.14. The predicted molar refractivity (Wildman–Crippen MR) is 69.2 cm³/mol. The molecule has 3 amide bonds. The summed E-state index contributed by atoms with van der Waals surface area (Å²) in [5, 5.41) is 6.02. The minimum absolute atomic E-state index is 0.0881. The van der Waals surface area contributed by atoms with Gasteiger partial charge in [0.1, 0.15) is 6.04 Å². The molecule has 6 nitrogen and oxygen atoms in total. The van der Waals surface area contributed by atoms with E-state index in [9.17, 15) is 14.4 Å². The topological polar surface area (TPSA) is 78.5 Å². The molecule has 0 aromatic carbocycles. The Kier molecular flexibility index (Phi) is 4.52. The van der Waals surface area contributed by atoms with Crippen molar-refractivity contribution in [2.45, 2.75) is 38.1 Å². The minimum atomic E-state index is -0.535. The monoisotopic (exact) mass is 267 g/mol. The van der Waals surface area contributed by atoms with Crippen molar-refractivity contribution in [1.82, 2.24) is 15.5 Å². The largest absolute Gasteiger partial charge is 0.344 e. The summed E-state index contributed by atoms with van der Waals surface area (Å²) in [6.45, 7) is 1.89. The van der Waals surface area contributed by atoms with E-state index in [4.69, 9.17) is 0 Å². The van der Waals surface area contributed by atoms with E-state index < -0.39 is 6.04 Å². The summed E-state index contributed by atoms with van der Waals surface area (Å²) in [6, 6.07) is -0.535. The third kappa shape index (κ3) is 3.53. The van der Waals surface area contributed by atoms with Gasteiger partial charge in [-0.15, -0.1) is 0 Å². The number of hydrogen-bond acceptors (Lipinski definition) is 4. The lowest BCUT2D eigenvalue weighted by atomic mass is 9.95. The summed E-state index contributed by atoms with van der Waals surface area (Å²) in [7, 11) is 1.47. The highest BCUT2D eigenvalue weighted by molar-refractivity contribution is 6.01. The Morgan fingerprint density at radius 3 is 2.89 bits per heavy atom. The van der Waals surface area contributed by atoms with Gasteiger partial charge in [0.2, 0.25) is 11.8 Å². The number of nitrogens with zero attached hydrogens (tertiary/aromatic N) is 1. The maximum Gasteiger partial charge on any atom is 0.251 e. The van der Waals surface area contributed by atoms with E-state index in [1.807, 2.05) is 0 Å². The predicted octanol–water partition coefficient (Wildman–Crippen LogP) is -0.360. The first-order valence-corrected chi connectivity index (χ1v) is 6.88. The third-order valence-electron chi connectivity index (χ3n) is 3.86. The number of likely N-dealkylation sites (N-methyl/N-ethyl adjacent to an activating group) is 1. The third-order valence-corrected chi connectivity index (χ3v) is 3.86. The molecule has 0 spiro atoms. The van der Waals surface area contributed by atoms with Gasteiger partial charge in [0.05, 0.1) is 0 Å². The second-order valence-electron chi connectivity index (χ2n) is 5.37. The van der Waals surface area contributed by atoms with Gasteiger partial charge in [-0.2, -0.15) is 0 Å². The highest BCUT2D eigenvalue weighted by Gasteiger charge is 2.32. The maximum atomic E-state index is 11.9. The summed E-state index contributed by atoms with van der Waals surface area (Å²) in [4.78, 5) is 36.2. The highest BCUT2D eigenvalue weighted by Crippen LogP contribution is 2.15. The summed E-state index contributed by atoms with van der Waals surface area (Å²) in [6.07, 6.45) is 3.33. The smallest absolute Gasteiger partial charge is 0.251 e. The van der Waals surface area contributed by atoms with Crippen molar-refractivity contribution in [2.24, 2.45) is 5.92 Å². The lowest BCUT2D eigenvalue weighted by Gasteiger charge is -2.29. The van der Waals surface area contributed by atoms with Crippen LogP contribution < -0.4 is 10.6 Å². The van der Waals surface area contributed by atoms with Gasteiger partial charge < -0.3 is 10.6 Å². The van der Waals surface area contributed by atoms with Crippen LogP contribution in [-0.4, -0.2) is 48.8 Å². The SMILES string of the molecule is CN1C(=O)CCC(NC(=O)CC2CCCNC2)C1=O. The van der Waals surface area contributed by atoms with Gasteiger partial charge in [0, 0.05) is 19.9 Å². The van der Waals surface area contributed by atoms with Crippen molar-refractivity contribution in [3.05, 3.63) is 0 Å². The average Bonchev–Trinajstić information content (AvgIpc) is 2.41. The van der Waals surface area contributed by atoms with E-state index in [0.29, 0.717) is 25.2 Å². The van der Waals surface area contributed by atoms with Gasteiger partial charge in [0.15, 0.2) is 0 Å². The highest BCUT2D eigenvalue weighted by atomic mass is 16.2. The van der Waals surface area contributed by atoms with E-state index in [-0.39, 0.29) is 17.7 Å². The van der Waals surface area contributed by atoms with Gasteiger partial charge in [-0.25, -0.2) is 0 Å². The van der Waals surface area contributed by atoms with Gasteiger partial charge >= 0.3 is 0 Å². The van der Waals surface area contributed by atoms with E-state index in [1.54, 1.807) is 0 Å². The number of imide groups is 1. The van der Waals surface area contributed by atoms with Crippen LogP contribution in [0.3, 0.4) is 0 Å². The molecular formula is C13H21N3O3. The molecule has 2 aliphatic heterocycles. The molecule has 2 heterocycles. The number of carbonyl (C=O) groups excluding carboxylic acids is 3. The van der Waals surface area contributed by atoms with Crippen molar-refractivity contribution in [2.75, 3.05) is 20.1 Å². The molecule has 0 radical (unpaired) electrons. The molecule has 19 heavy (non-hydrogen) atoms. The molecule has 2 rings (SSSR count). The van der Waals surface area contributed by atoms with Crippen LogP contribution in [0.1, 0.15) is 32.1 Å². The van der Waals surface area contributed by atoms with Crippen molar-refractivity contribution in [1.29, 1.82) is 0 Å². The summed E-state index contributed by atoms with van der Waals surface area (Å²) in [5.74, 6) is -0.208. The average molecular weight is 267 g/mol. The fourth-order valence-electron chi connectivity index (χ4n) is 2.66. The van der Waals surface area contributed by atoms with E-state index in [1.165, 1.54) is 7.05 Å². The first-order valence-electron chi connectivity index (χ1n) is 6.88. The number of hydrogen-bond donors (Lipinski definition) is 2. The number of piperidine rings is 2. The normalized spacial score (nSPS) is 28.4. The molecule has 0 bridgehead atoms. The number of nitrogens with one attached hydrogen (secondary N) is 2. The van der Waals surface area contributed by atoms with Crippen LogP contribution in [0.15, 0.2) is 0 Å². The molecule has 2 N–H and O–H groups in total. The molecule has 2 atom stereocenters. The van der Waals surface area contributed by atoms with Crippen molar-refractivity contribution in [3.63, 3.8) is 0 Å². The molecule has 2 unspecified atom stereocenters. The van der Waals surface area contributed by atoms with Crippen LogP contribution in [0.25, 0.3) is 0 Å². The number of amides is 3. The van der Waals surface area contributed by atoms with Gasteiger partial charge in [-0.05, 0) is 38.3 Å². The van der Waals surface area contributed by atoms with Crippen LogP contribution in [0, 0.1) is 5.92 Å². The zero-order valence-electron chi connectivity index (χ0n) is 11.3. The number of carbonyl (C=O) groups is 3. The lowest BCUT2D eigenvalue weighted by molar-refractivity contribution is -0.149. The number of rotatable bonds is 3. The zero-order valence-corrected chi connectivity index (χ0v) is 11.3. The Balaban J connectivity index is 1.81. The van der Waals surface area contributed by atoms with E-state index in [2.05, 4.69) is 10.6 Å². The first-order chi connectivity index (χ1) is 9.08. The Hall–Kier alpha value is -1.43. The number of likely N-dealkylation sites (tertiary alicyclic amines) is 1. The molecule has 106 valence electrons. The van der Waals surface area contributed by atoms with Crippen LogP contribution in [0.5, 0.6) is 0 Å². The molecule has 0 aromatic heterocycles. The van der Waals surface area contributed by atoms with Crippen LogP contribution >= 0.6 is 0 Å². The second-order valence-corrected chi connectivity index (χ2v) is 5.37.